The van der Waals surface area contributed by atoms with Gasteiger partial charge < -0.3 is 19.7 Å². The highest BCUT2D eigenvalue weighted by atomic mass is 16.5. The van der Waals surface area contributed by atoms with E-state index in [2.05, 4.69) is 39.0 Å². The lowest BCUT2D eigenvalue weighted by Gasteiger charge is -2.32. The minimum absolute atomic E-state index is 0.282. The lowest BCUT2D eigenvalue weighted by molar-refractivity contribution is 0.335. The van der Waals surface area contributed by atoms with Gasteiger partial charge in [0.05, 0.1) is 14.2 Å². The number of methoxy groups -OCH3 is 2. The highest BCUT2D eigenvalue weighted by molar-refractivity contribution is 5.33. The molecular formula is C14H25N5O2. The smallest absolute Gasteiger partial charge is 0.324 e. The van der Waals surface area contributed by atoms with Gasteiger partial charge in [0.1, 0.15) is 0 Å². The van der Waals surface area contributed by atoms with Gasteiger partial charge >= 0.3 is 12.0 Å². The van der Waals surface area contributed by atoms with Gasteiger partial charge in [-0.1, -0.05) is 0 Å². The minimum Gasteiger partial charge on any atom is -0.467 e. The maximum absolute atomic E-state index is 5.14. The minimum atomic E-state index is 0.282. The Kier molecular flexibility index (Phi) is 5.55. The van der Waals surface area contributed by atoms with E-state index in [0.29, 0.717) is 17.9 Å². The zero-order valence-electron chi connectivity index (χ0n) is 13.3. The molecule has 1 N–H and O–H groups in total. The lowest BCUT2D eigenvalue weighted by atomic mass is 9.99. The molecular weight excluding hydrogens is 270 g/mol. The molecule has 1 fully saturated rings. The Hall–Kier alpha value is -1.63. The van der Waals surface area contributed by atoms with E-state index in [4.69, 9.17) is 9.47 Å². The average Bonchev–Trinajstić information content (AvgIpc) is 2.52. The zero-order valence-corrected chi connectivity index (χ0v) is 13.3. The highest BCUT2D eigenvalue weighted by Crippen LogP contribution is 2.21. The Morgan fingerprint density at radius 1 is 1.19 bits per heavy atom. The molecule has 0 aromatic carbocycles. The van der Waals surface area contributed by atoms with E-state index in [1.165, 1.54) is 12.8 Å². The molecule has 1 aliphatic rings. The molecule has 1 unspecified atom stereocenters. The second-order valence-electron chi connectivity index (χ2n) is 5.57. The van der Waals surface area contributed by atoms with Crippen LogP contribution in [0.5, 0.6) is 12.0 Å². The molecule has 0 radical (unpaired) electrons. The summed E-state index contributed by atoms with van der Waals surface area (Å²) in [5, 5.41) is 3.45. The fourth-order valence-electron chi connectivity index (χ4n) is 2.52. The van der Waals surface area contributed by atoms with Crippen molar-refractivity contribution in [3.63, 3.8) is 0 Å². The Bertz CT molecular complexity index is 427. The van der Waals surface area contributed by atoms with Gasteiger partial charge in [-0.2, -0.15) is 9.97 Å². The number of nitrogens with one attached hydrogen (secondary N) is 1. The molecule has 7 nitrogen and oxygen atoms in total. The molecule has 0 saturated carbocycles. The fraction of sp³-hybridized carbons (Fsp3) is 0.786. The van der Waals surface area contributed by atoms with Crippen LogP contribution in [0.4, 0.5) is 5.95 Å². The van der Waals surface area contributed by atoms with Crippen molar-refractivity contribution in [2.75, 3.05) is 38.8 Å². The third-order valence-corrected chi connectivity index (χ3v) is 3.68. The van der Waals surface area contributed by atoms with Crippen molar-refractivity contribution < 1.29 is 9.47 Å². The number of anilines is 1. The van der Waals surface area contributed by atoms with E-state index in [0.717, 1.165) is 19.6 Å². The maximum atomic E-state index is 5.14. The number of ether oxygens (including phenoxy) is 2. The van der Waals surface area contributed by atoms with Gasteiger partial charge in [0.2, 0.25) is 5.95 Å². The van der Waals surface area contributed by atoms with Crippen LogP contribution in [0.2, 0.25) is 0 Å². The zero-order chi connectivity index (χ0) is 15.2. The van der Waals surface area contributed by atoms with Gasteiger partial charge in [0.15, 0.2) is 0 Å². The second kappa shape index (κ2) is 7.40. The van der Waals surface area contributed by atoms with Crippen LogP contribution in [0, 0.1) is 5.92 Å². The standard InChI is InChI=1S/C14H25N5O2/c1-10(2)19(9-11-6-5-7-15-8-11)12-16-13(20-3)18-14(17-12)21-4/h10-11,15H,5-9H2,1-4H3. The molecule has 1 saturated heterocycles. The van der Waals surface area contributed by atoms with Crippen molar-refractivity contribution in [3.05, 3.63) is 0 Å². The Morgan fingerprint density at radius 3 is 2.33 bits per heavy atom. The van der Waals surface area contributed by atoms with Crippen molar-refractivity contribution >= 4 is 5.95 Å². The maximum Gasteiger partial charge on any atom is 0.324 e. The van der Waals surface area contributed by atoms with Gasteiger partial charge in [-0.25, -0.2) is 0 Å². The summed E-state index contributed by atoms with van der Waals surface area (Å²) in [6, 6.07) is 0.859. The number of hydrogen-bond acceptors (Lipinski definition) is 7. The molecule has 0 aliphatic carbocycles. The molecule has 21 heavy (non-hydrogen) atoms. The van der Waals surface area contributed by atoms with Crippen LogP contribution in [0.25, 0.3) is 0 Å². The molecule has 1 atom stereocenters. The van der Waals surface area contributed by atoms with Gasteiger partial charge in [-0.05, 0) is 45.7 Å². The Labute approximate surface area is 126 Å². The molecule has 0 spiro atoms. The van der Waals surface area contributed by atoms with E-state index < -0.39 is 0 Å². The Balaban J connectivity index is 2.20. The molecule has 0 bridgehead atoms. The SMILES string of the molecule is COc1nc(OC)nc(N(CC2CCCNC2)C(C)C)n1. The Morgan fingerprint density at radius 2 is 1.86 bits per heavy atom. The highest BCUT2D eigenvalue weighted by Gasteiger charge is 2.22. The predicted molar refractivity (Wildman–Crippen MR) is 81.0 cm³/mol. The molecule has 1 aliphatic heterocycles. The summed E-state index contributed by atoms with van der Waals surface area (Å²) >= 11 is 0. The molecule has 2 heterocycles. The van der Waals surface area contributed by atoms with Crippen LogP contribution in [-0.2, 0) is 0 Å². The first kappa shape index (κ1) is 15.8. The number of aromatic nitrogens is 3. The second-order valence-corrected chi connectivity index (χ2v) is 5.57. The van der Waals surface area contributed by atoms with E-state index in [1.54, 1.807) is 14.2 Å². The summed E-state index contributed by atoms with van der Waals surface area (Å²) in [6.07, 6.45) is 2.45. The summed E-state index contributed by atoms with van der Waals surface area (Å²) in [5.41, 5.74) is 0. The summed E-state index contributed by atoms with van der Waals surface area (Å²) in [6.45, 7) is 7.35. The fourth-order valence-corrected chi connectivity index (χ4v) is 2.52. The number of rotatable bonds is 6. The quantitative estimate of drug-likeness (QED) is 0.842. The van der Waals surface area contributed by atoms with Crippen LogP contribution < -0.4 is 19.7 Å². The van der Waals surface area contributed by atoms with Crippen molar-refractivity contribution in [1.82, 2.24) is 20.3 Å². The number of piperidine rings is 1. The van der Waals surface area contributed by atoms with Gasteiger partial charge in [0.25, 0.3) is 0 Å². The molecule has 0 amide bonds. The van der Waals surface area contributed by atoms with E-state index >= 15 is 0 Å². The first-order chi connectivity index (χ1) is 10.1. The normalized spacial score (nSPS) is 18.6. The van der Waals surface area contributed by atoms with Gasteiger partial charge in [-0.15, -0.1) is 4.98 Å². The molecule has 118 valence electrons. The largest absolute Gasteiger partial charge is 0.467 e. The van der Waals surface area contributed by atoms with Crippen LogP contribution in [0.3, 0.4) is 0 Å². The average molecular weight is 295 g/mol. The summed E-state index contributed by atoms with van der Waals surface area (Å²) in [7, 11) is 3.09. The van der Waals surface area contributed by atoms with Crippen LogP contribution in [0.15, 0.2) is 0 Å². The van der Waals surface area contributed by atoms with E-state index in [1.807, 2.05) is 0 Å². The number of nitrogens with zero attached hydrogens (tertiary/aromatic N) is 4. The van der Waals surface area contributed by atoms with E-state index in [9.17, 15) is 0 Å². The van der Waals surface area contributed by atoms with Crippen molar-refractivity contribution in [3.8, 4) is 12.0 Å². The number of hydrogen-bond donors (Lipinski definition) is 1. The lowest BCUT2D eigenvalue weighted by Crippen LogP contribution is -2.42. The summed E-state index contributed by atoms with van der Waals surface area (Å²) in [4.78, 5) is 15.0. The van der Waals surface area contributed by atoms with Crippen molar-refractivity contribution in [2.24, 2.45) is 5.92 Å². The first-order valence-corrected chi connectivity index (χ1v) is 7.45. The van der Waals surface area contributed by atoms with Crippen LogP contribution in [0.1, 0.15) is 26.7 Å². The van der Waals surface area contributed by atoms with Crippen molar-refractivity contribution in [1.29, 1.82) is 0 Å². The molecule has 1 aromatic heterocycles. The predicted octanol–water partition coefficient (Wildman–Crippen LogP) is 1.10. The molecule has 1 aromatic rings. The van der Waals surface area contributed by atoms with Gasteiger partial charge in [0, 0.05) is 12.6 Å². The molecule has 7 heteroatoms. The summed E-state index contributed by atoms with van der Waals surface area (Å²) in [5.74, 6) is 1.22. The topological polar surface area (TPSA) is 72.4 Å². The van der Waals surface area contributed by atoms with Gasteiger partial charge in [-0.3, -0.25) is 0 Å². The van der Waals surface area contributed by atoms with Crippen LogP contribution >= 0.6 is 0 Å². The molecule has 2 rings (SSSR count). The monoisotopic (exact) mass is 295 g/mol. The first-order valence-electron chi connectivity index (χ1n) is 7.45. The van der Waals surface area contributed by atoms with Crippen molar-refractivity contribution in [2.45, 2.75) is 32.7 Å². The van der Waals surface area contributed by atoms with E-state index in [-0.39, 0.29) is 12.0 Å². The summed E-state index contributed by atoms with van der Waals surface area (Å²) < 4.78 is 10.3. The third-order valence-electron chi connectivity index (χ3n) is 3.68. The third kappa shape index (κ3) is 4.17. The van der Waals surface area contributed by atoms with Crippen LogP contribution in [-0.4, -0.2) is 54.8 Å².